The number of piperazine rings is 1. The van der Waals surface area contributed by atoms with Gasteiger partial charge in [-0.3, -0.25) is 9.88 Å². The quantitative estimate of drug-likeness (QED) is 0.801. The Balaban J connectivity index is 1.99. The molecule has 1 atom stereocenters. The van der Waals surface area contributed by atoms with Gasteiger partial charge in [-0.1, -0.05) is 0 Å². The zero-order valence-electron chi connectivity index (χ0n) is 10.1. The molecule has 4 heteroatoms. The third kappa shape index (κ3) is 2.71. The first-order chi connectivity index (χ1) is 7.65. The summed E-state index contributed by atoms with van der Waals surface area (Å²) in [5, 5.41) is 0. The van der Waals surface area contributed by atoms with E-state index in [0.717, 1.165) is 37.6 Å². The molecule has 4 nitrogen and oxygen atoms in total. The Morgan fingerprint density at radius 1 is 1.50 bits per heavy atom. The summed E-state index contributed by atoms with van der Waals surface area (Å²) in [6.07, 6.45) is 1.78. The molecule has 1 aromatic rings. The van der Waals surface area contributed by atoms with Crippen molar-refractivity contribution in [2.45, 2.75) is 19.5 Å². The Morgan fingerprint density at radius 2 is 2.31 bits per heavy atom. The van der Waals surface area contributed by atoms with Crippen LogP contribution in [-0.2, 0) is 6.54 Å². The number of likely N-dealkylation sites (N-methyl/N-ethyl adjacent to an activating group) is 1. The lowest BCUT2D eigenvalue weighted by Crippen LogP contribution is -2.49. The topological polar surface area (TPSA) is 45.4 Å². The molecule has 2 N–H and O–H groups in total. The van der Waals surface area contributed by atoms with Crippen LogP contribution in [0.1, 0.15) is 12.6 Å². The lowest BCUT2D eigenvalue weighted by Gasteiger charge is -2.37. The molecule has 0 bridgehead atoms. The summed E-state index contributed by atoms with van der Waals surface area (Å²) in [7, 11) is 2.17. The number of aromatic nitrogens is 1. The molecule has 0 aliphatic carbocycles. The van der Waals surface area contributed by atoms with Gasteiger partial charge in [-0.2, -0.15) is 0 Å². The Kier molecular flexibility index (Phi) is 3.41. The summed E-state index contributed by atoms with van der Waals surface area (Å²) < 4.78 is 0. The maximum absolute atomic E-state index is 5.75. The molecule has 0 saturated carbocycles. The molecule has 2 rings (SSSR count). The summed E-state index contributed by atoms with van der Waals surface area (Å²) >= 11 is 0. The monoisotopic (exact) mass is 220 g/mol. The minimum absolute atomic E-state index is 0.585. The summed E-state index contributed by atoms with van der Waals surface area (Å²) in [4.78, 5) is 9.18. The number of anilines is 1. The standard InChI is InChI=1S/C12H20N4/c1-10-8-15(2)5-6-16(10)9-12-7-11(13)3-4-14-12/h3-4,7,10H,5-6,8-9H2,1-2H3,(H2,13,14). The van der Waals surface area contributed by atoms with Crippen LogP contribution in [0.25, 0.3) is 0 Å². The predicted octanol–water partition coefficient (Wildman–Crippen LogP) is 0.800. The van der Waals surface area contributed by atoms with E-state index in [-0.39, 0.29) is 0 Å². The fourth-order valence-electron chi connectivity index (χ4n) is 2.20. The van der Waals surface area contributed by atoms with E-state index < -0.39 is 0 Å². The molecule has 88 valence electrons. The van der Waals surface area contributed by atoms with E-state index in [1.807, 2.05) is 12.1 Å². The molecule has 0 amide bonds. The number of hydrogen-bond acceptors (Lipinski definition) is 4. The van der Waals surface area contributed by atoms with Gasteiger partial charge in [0.25, 0.3) is 0 Å². The van der Waals surface area contributed by atoms with Crippen molar-refractivity contribution >= 4 is 5.69 Å². The van der Waals surface area contributed by atoms with Gasteiger partial charge in [-0.25, -0.2) is 0 Å². The van der Waals surface area contributed by atoms with Gasteiger partial charge in [0.05, 0.1) is 5.69 Å². The summed E-state index contributed by atoms with van der Waals surface area (Å²) in [6, 6.07) is 4.38. The van der Waals surface area contributed by atoms with Crippen molar-refractivity contribution in [3.05, 3.63) is 24.0 Å². The lowest BCUT2D eigenvalue weighted by atomic mass is 10.2. The van der Waals surface area contributed by atoms with E-state index in [2.05, 4.69) is 28.8 Å². The first-order valence-electron chi connectivity index (χ1n) is 5.78. The third-order valence-electron chi connectivity index (χ3n) is 3.17. The zero-order valence-corrected chi connectivity index (χ0v) is 10.1. The van der Waals surface area contributed by atoms with Crippen molar-refractivity contribution in [2.24, 2.45) is 0 Å². The number of nitrogens with two attached hydrogens (primary N) is 1. The largest absolute Gasteiger partial charge is 0.399 e. The number of hydrogen-bond donors (Lipinski definition) is 1. The fraction of sp³-hybridized carbons (Fsp3) is 0.583. The highest BCUT2D eigenvalue weighted by Gasteiger charge is 2.21. The normalized spacial score (nSPS) is 23.5. The van der Waals surface area contributed by atoms with E-state index in [0.29, 0.717) is 6.04 Å². The Morgan fingerprint density at radius 3 is 3.00 bits per heavy atom. The fourth-order valence-corrected chi connectivity index (χ4v) is 2.20. The molecule has 1 aliphatic rings. The number of pyridine rings is 1. The van der Waals surface area contributed by atoms with Gasteiger partial charge >= 0.3 is 0 Å². The van der Waals surface area contributed by atoms with Crippen LogP contribution in [0.5, 0.6) is 0 Å². The van der Waals surface area contributed by atoms with Crippen molar-refractivity contribution < 1.29 is 0 Å². The van der Waals surface area contributed by atoms with Crippen LogP contribution in [0.3, 0.4) is 0 Å². The maximum Gasteiger partial charge on any atom is 0.0564 e. The van der Waals surface area contributed by atoms with E-state index >= 15 is 0 Å². The lowest BCUT2D eigenvalue weighted by molar-refractivity contribution is 0.0927. The molecular formula is C12H20N4. The van der Waals surface area contributed by atoms with Gasteiger partial charge in [-0.15, -0.1) is 0 Å². The number of nitrogen functional groups attached to an aromatic ring is 1. The SMILES string of the molecule is CC1CN(C)CCN1Cc1cc(N)ccn1. The highest BCUT2D eigenvalue weighted by Crippen LogP contribution is 2.12. The molecule has 0 spiro atoms. The molecule has 2 heterocycles. The molecular weight excluding hydrogens is 200 g/mol. The highest BCUT2D eigenvalue weighted by atomic mass is 15.3. The van der Waals surface area contributed by atoms with Crippen molar-refractivity contribution in [3.8, 4) is 0 Å². The second-order valence-electron chi connectivity index (χ2n) is 4.66. The summed E-state index contributed by atoms with van der Waals surface area (Å²) in [5.74, 6) is 0. The van der Waals surface area contributed by atoms with Gasteiger partial charge in [0, 0.05) is 44.1 Å². The highest BCUT2D eigenvalue weighted by molar-refractivity contribution is 5.37. The van der Waals surface area contributed by atoms with Crippen molar-refractivity contribution in [2.75, 3.05) is 32.4 Å². The number of nitrogens with zero attached hydrogens (tertiary/aromatic N) is 3. The molecule has 0 radical (unpaired) electrons. The molecule has 1 aliphatic heterocycles. The van der Waals surface area contributed by atoms with Crippen molar-refractivity contribution in [1.82, 2.24) is 14.8 Å². The van der Waals surface area contributed by atoms with Crippen LogP contribution in [-0.4, -0.2) is 47.5 Å². The zero-order chi connectivity index (χ0) is 11.5. The molecule has 1 fully saturated rings. The minimum Gasteiger partial charge on any atom is -0.399 e. The third-order valence-corrected chi connectivity index (χ3v) is 3.17. The van der Waals surface area contributed by atoms with Crippen LogP contribution in [0, 0.1) is 0 Å². The smallest absolute Gasteiger partial charge is 0.0564 e. The second kappa shape index (κ2) is 4.80. The summed E-state index contributed by atoms with van der Waals surface area (Å²) in [6.45, 7) is 6.53. The molecule has 16 heavy (non-hydrogen) atoms. The van der Waals surface area contributed by atoms with Crippen LogP contribution in [0.15, 0.2) is 18.3 Å². The van der Waals surface area contributed by atoms with Gasteiger partial charge < -0.3 is 10.6 Å². The van der Waals surface area contributed by atoms with Crippen LogP contribution in [0.4, 0.5) is 5.69 Å². The van der Waals surface area contributed by atoms with Crippen LogP contribution < -0.4 is 5.73 Å². The molecule has 0 aromatic carbocycles. The Labute approximate surface area is 97.1 Å². The minimum atomic E-state index is 0.585. The Bertz CT molecular complexity index is 353. The Hall–Kier alpha value is -1.13. The van der Waals surface area contributed by atoms with Crippen LogP contribution >= 0.6 is 0 Å². The second-order valence-corrected chi connectivity index (χ2v) is 4.66. The molecule has 1 saturated heterocycles. The van der Waals surface area contributed by atoms with Crippen molar-refractivity contribution in [1.29, 1.82) is 0 Å². The predicted molar refractivity (Wildman–Crippen MR) is 66.0 cm³/mol. The van der Waals surface area contributed by atoms with E-state index in [4.69, 9.17) is 5.73 Å². The van der Waals surface area contributed by atoms with Gasteiger partial charge in [0.2, 0.25) is 0 Å². The first kappa shape index (κ1) is 11.4. The van der Waals surface area contributed by atoms with E-state index in [1.165, 1.54) is 0 Å². The number of rotatable bonds is 2. The van der Waals surface area contributed by atoms with Crippen LogP contribution in [0.2, 0.25) is 0 Å². The average molecular weight is 220 g/mol. The first-order valence-corrected chi connectivity index (χ1v) is 5.78. The maximum atomic E-state index is 5.75. The van der Waals surface area contributed by atoms with Crippen molar-refractivity contribution in [3.63, 3.8) is 0 Å². The van der Waals surface area contributed by atoms with E-state index in [9.17, 15) is 0 Å². The van der Waals surface area contributed by atoms with Gasteiger partial charge in [0.15, 0.2) is 0 Å². The van der Waals surface area contributed by atoms with E-state index in [1.54, 1.807) is 6.20 Å². The molecule has 1 aromatic heterocycles. The van der Waals surface area contributed by atoms with Gasteiger partial charge in [-0.05, 0) is 26.1 Å². The average Bonchev–Trinajstić information content (AvgIpc) is 2.22. The van der Waals surface area contributed by atoms with Gasteiger partial charge in [0.1, 0.15) is 0 Å². The summed E-state index contributed by atoms with van der Waals surface area (Å²) in [5.41, 5.74) is 7.62. The molecule has 1 unspecified atom stereocenters.